The molecule has 0 aliphatic carbocycles. The van der Waals surface area contributed by atoms with E-state index in [0.29, 0.717) is 0 Å². The number of para-hydroxylation sites is 1. The first-order valence-corrected chi connectivity index (χ1v) is 10.5. The molecule has 2 aromatic heterocycles. The summed E-state index contributed by atoms with van der Waals surface area (Å²) >= 11 is 0.988. The molecule has 0 bridgehead atoms. The summed E-state index contributed by atoms with van der Waals surface area (Å²) in [5.41, 5.74) is 7.67. The van der Waals surface area contributed by atoms with Crippen molar-refractivity contribution in [2.75, 3.05) is 16.8 Å². The maximum atomic E-state index is 12.6. The molecule has 11 heteroatoms. The summed E-state index contributed by atoms with van der Waals surface area (Å²) in [6.45, 7) is 3.91. The topological polar surface area (TPSA) is 165 Å². The fraction of sp³-hybridized carbons (Fsp3) is 0.238. The molecular weight excluding hydrogens is 430 g/mol. The molecule has 0 fully saturated rings. The van der Waals surface area contributed by atoms with Crippen molar-refractivity contribution in [1.82, 2.24) is 10.3 Å². The van der Waals surface area contributed by atoms with Crippen molar-refractivity contribution in [3.63, 3.8) is 0 Å². The van der Waals surface area contributed by atoms with Crippen molar-refractivity contribution in [2.45, 2.75) is 25.3 Å². The van der Waals surface area contributed by atoms with Gasteiger partial charge in [-0.1, -0.05) is 41.6 Å². The third-order valence-electron chi connectivity index (χ3n) is 4.80. The zero-order chi connectivity index (χ0) is 23.4. The lowest BCUT2D eigenvalue weighted by atomic mass is 10.0. The summed E-state index contributed by atoms with van der Waals surface area (Å²) in [4.78, 5) is 29.0. The van der Waals surface area contributed by atoms with Crippen LogP contribution in [0.2, 0.25) is 0 Å². The number of hydrogen-bond acceptors (Lipinski definition) is 8. The minimum absolute atomic E-state index is 0.00933. The molecule has 162 valence electrons. The highest BCUT2D eigenvalue weighted by Crippen LogP contribution is 2.33. The molecule has 0 spiro atoms. The normalized spacial score (nSPS) is 10.4. The molecular formula is C21H20N7O3S+. The van der Waals surface area contributed by atoms with E-state index in [4.69, 9.17) is 10.3 Å². The van der Waals surface area contributed by atoms with Gasteiger partial charge in [0.15, 0.2) is 7.05 Å². The van der Waals surface area contributed by atoms with Gasteiger partial charge >= 0.3 is 11.3 Å². The van der Waals surface area contributed by atoms with Crippen LogP contribution in [0.15, 0.2) is 32.5 Å². The molecule has 0 unspecified atom stereocenters. The van der Waals surface area contributed by atoms with Crippen molar-refractivity contribution in [3.8, 4) is 23.4 Å². The Balaban J connectivity index is 1.97. The monoisotopic (exact) mass is 450 g/mol. The first-order chi connectivity index (χ1) is 15.3. The number of aromatic amines is 1. The molecule has 4 N–H and O–H groups in total. The number of carbonyl (C=O) groups is 1. The predicted molar refractivity (Wildman–Crippen MR) is 117 cm³/mol. The number of amides is 1. The van der Waals surface area contributed by atoms with Gasteiger partial charge in [-0.25, -0.2) is 9.78 Å². The maximum absolute atomic E-state index is 12.6. The number of pyridine rings is 1. The first-order valence-electron chi connectivity index (χ1n) is 9.55. The van der Waals surface area contributed by atoms with Gasteiger partial charge in [-0.3, -0.25) is 9.32 Å². The lowest BCUT2D eigenvalue weighted by Crippen LogP contribution is -2.34. The van der Waals surface area contributed by atoms with Crippen molar-refractivity contribution >= 4 is 29.2 Å². The SMILES string of the molecule is CCc1cccc(C)c1NC(=O)CSc1nc(N)c(C#N)c(-c2c(=O)o[nH][n+]2C)c1C#N. The van der Waals surface area contributed by atoms with Crippen LogP contribution in [-0.2, 0) is 18.3 Å². The summed E-state index contributed by atoms with van der Waals surface area (Å²) in [5, 5.41) is 24.7. The number of H-pyrrole nitrogens is 1. The summed E-state index contributed by atoms with van der Waals surface area (Å²) in [5.74, 6) is -0.504. The third kappa shape index (κ3) is 4.19. The number of nitrogens with two attached hydrogens (primary N) is 1. The van der Waals surface area contributed by atoms with Crippen molar-refractivity contribution in [3.05, 3.63) is 50.9 Å². The predicted octanol–water partition coefficient (Wildman–Crippen LogP) is 1.78. The number of hydrogen-bond donors (Lipinski definition) is 3. The van der Waals surface area contributed by atoms with E-state index in [2.05, 4.69) is 15.6 Å². The Kier molecular flexibility index (Phi) is 6.61. The number of anilines is 2. The fourth-order valence-corrected chi connectivity index (χ4v) is 4.06. The van der Waals surface area contributed by atoms with Gasteiger partial charge in [-0.05, 0) is 29.7 Å². The number of carbonyl (C=O) groups excluding carboxylic acids is 1. The molecule has 2 heterocycles. The number of benzene rings is 1. The fourth-order valence-electron chi connectivity index (χ4n) is 3.26. The van der Waals surface area contributed by atoms with Crippen LogP contribution in [0.25, 0.3) is 11.3 Å². The highest BCUT2D eigenvalue weighted by molar-refractivity contribution is 8.00. The van der Waals surface area contributed by atoms with Gasteiger partial charge in [0, 0.05) is 5.69 Å². The highest BCUT2D eigenvalue weighted by Gasteiger charge is 2.31. The summed E-state index contributed by atoms with van der Waals surface area (Å²) in [6, 6.07) is 9.66. The van der Waals surface area contributed by atoms with E-state index in [1.165, 1.54) is 11.7 Å². The number of thioether (sulfide) groups is 1. The van der Waals surface area contributed by atoms with Gasteiger partial charge in [0.25, 0.3) is 0 Å². The number of aromatic nitrogens is 3. The summed E-state index contributed by atoms with van der Waals surface area (Å²) in [6.07, 6.45) is 0.760. The average Bonchev–Trinajstić information content (AvgIpc) is 3.10. The lowest BCUT2D eigenvalue weighted by Gasteiger charge is -2.13. The second-order valence-electron chi connectivity index (χ2n) is 6.84. The molecule has 3 aromatic rings. The van der Waals surface area contributed by atoms with Gasteiger partial charge < -0.3 is 11.1 Å². The summed E-state index contributed by atoms with van der Waals surface area (Å²) in [7, 11) is 1.49. The molecule has 1 aromatic carbocycles. The lowest BCUT2D eigenvalue weighted by molar-refractivity contribution is -0.730. The van der Waals surface area contributed by atoms with Crippen LogP contribution in [0.4, 0.5) is 11.5 Å². The van der Waals surface area contributed by atoms with E-state index >= 15 is 0 Å². The maximum Gasteiger partial charge on any atom is 0.435 e. The van der Waals surface area contributed by atoms with E-state index in [0.717, 1.165) is 35.0 Å². The number of nitriles is 2. The van der Waals surface area contributed by atoms with Crippen LogP contribution in [0, 0.1) is 29.6 Å². The Morgan fingerprint density at radius 2 is 2.06 bits per heavy atom. The van der Waals surface area contributed by atoms with Gasteiger partial charge in [0.1, 0.15) is 34.1 Å². The van der Waals surface area contributed by atoms with Gasteiger partial charge in [0.05, 0.1) is 11.3 Å². The largest absolute Gasteiger partial charge is 0.435 e. The van der Waals surface area contributed by atoms with E-state index in [1.807, 2.05) is 44.2 Å². The number of rotatable bonds is 6. The quantitative estimate of drug-likeness (QED) is 0.377. The van der Waals surface area contributed by atoms with Crippen molar-refractivity contribution in [1.29, 1.82) is 10.5 Å². The third-order valence-corrected chi connectivity index (χ3v) is 5.78. The number of nitrogens with one attached hydrogen (secondary N) is 2. The Morgan fingerprint density at radius 3 is 2.66 bits per heavy atom. The smallest absolute Gasteiger partial charge is 0.383 e. The number of nitrogens with zero attached hydrogens (tertiary/aromatic N) is 4. The van der Waals surface area contributed by atoms with Crippen molar-refractivity contribution < 1.29 is 14.0 Å². The molecule has 0 radical (unpaired) electrons. The van der Waals surface area contributed by atoms with E-state index < -0.39 is 5.63 Å². The second-order valence-corrected chi connectivity index (χ2v) is 7.80. The number of aryl methyl sites for hydroxylation is 3. The molecule has 0 aliphatic heterocycles. The zero-order valence-corrected chi connectivity index (χ0v) is 18.5. The molecule has 1 amide bonds. The van der Waals surface area contributed by atoms with Crippen LogP contribution < -0.4 is 21.4 Å². The van der Waals surface area contributed by atoms with E-state index in [-0.39, 0.29) is 44.9 Å². The van der Waals surface area contributed by atoms with E-state index in [1.54, 1.807) is 0 Å². The molecule has 0 aliphatic rings. The Hall–Kier alpha value is -4.09. The van der Waals surface area contributed by atoms with Crippen LogP contribution in [0.1, 0.15) is 29.2 Å². The summed E-state index contributed by atoms with van der Waals surface area (Å²) < 4.78 is 6.00. The Bertz CT molecular complexity index is 1350. The van der Waals surface area contributed by atoms with Gasteiger partial charge in [0.2, 0.25) is 5.91 Å². The Morgan fingerprint density at radius 1 is 1.34 bits per heavy atom. The Labute approximate surface area is 187 Å². The van der Waals surface area contributed by atoms with Crippen LogP contribution in [0.3, 0.4) is 0 Å². The molecule has 0 atom stereocenters. The van der Waals surface area contributed by atoms with Gasteiger partial charge in [-0.2, -0.15) is 10.5 Å². The molecule has 0 saturated carbocycles. The minimum Gasteiger partial charge on any atom is -0.383 e. The highest BCUT2D eigenvalue weighted by atomic mass is 32.2. The second kappa shape index (κ2) is 9.37. The molecule has 0 saturated heterocycles. The zero-order valence-electron chi connectivity index (χ0n) is 17.6. The number of nitrogen functional groups attached to an aromatic ring is 1. The first kappa shape index (κ1) is 22.6. The standard InChI is InChI=1S/C21H19N7O3S/c1-4-12-7-5-6-11(2)17(12)25-15(29)10-32-20-14(9-23)16(13(8-22)19(24)26-20)18-21(30)31-27-28(18)3/h5-7H,4,10H2,1-3H3,(H3-,24,25,26,27,29,30)/p+1. The average molecular weight is 451 g/mol. The van der Waals surface area contributed by atoms with Crippen LogP contribution >= 0.6 is 11.8 Å². The molecule has 3 rings (SSSR count). The minimum atomic E-state index is -0.772. The van der Waals surface area contributed by atoms with Crippen LogP contribution in [-0.4, -0.2) is 21.9 Å². The van der Waals surface area contributed by atoms with Crippen molar-refractivity contribution in [2.24, 2.45) is 7.05 Å². The molecule has 10 nitrogen and oxygen atoms in total. The van der Waals surface area contributed by atoms with Gasteiger partial charge in [-0.15, -0.1) is 0 Å². The van der Waals surface area contributed by atoms with Crippen LogP contribution in [0.5, 0.6) is 0 Å². The van der Waals surface area contributed by atoms with E-state index in [9.17, 15) is 20.1 Å². The molecule has 32 heavy (non-hydrogen) atoms.